The van der Waals surface area contributed by atoms with Gasteiger partial charge in [-0.25, -0.2) is 0 Å². The summed E-state index contributed by atoms with van der Waals surface area (Å²) in [6, 6.07) is 10.1. The van der Waals surface area contributed by atoms with E-state index in [1.165, 1.54) is 6.92 Å². The number of hydrogen-bond donors (Lipinski definition) is 1. The van der Waals surface area contributed by atoms with Gasteiger partial charge in [-0.2, -0.15) is 0 Å². The Morgan fingerprint density at radius 1 is 1.04 bits per heavy atom. The second-order valence-electron chi connectivity index (χ2n) is 5.52. The number of nitrogens with zero attached hydrogens (tertiary/aromatic N) is 1. The first-order valence-electron chi connectivity index (χ1n) is 7.57. The minimum atomic E-state index is -0.262. The van der Waals surface area contributed by atoms with Crippen molar-refractivity contribution in [1.82, 2.24) is 0 Å². The molecule has 0 saturated heterocycles. The molecule has 0 spiro atoms. The number of carbonyl (C=O) groups is 2. The van der Waals surface area contributed by atoms with Crippen LogP contribution in [0, 0.1) is 6.92 Å². The highest BCUT2D eigenvalue weighted by Gasteiger charge is 2.16. The summed E-state index contributed by atoms with van der Waals surface area (Å²) in [5.41, 5.74) is 2.03. The summed E-state index contributed by atoms with van der Waals surface area (Å²) in [5, 5.41) is 4.17. The molecule has 0 aromatic heterocycles. The van der Waals surface area contributed by atoms with Crippen molar-refractivity contribution in [3.8, 4) is 0 Å². The van der Waals surface area contributed by atoms with Crippen LogP contribution in [-0.2, 0) is 9.59 Å². The normalized spacial score (nSPS) is 10.4. The van der Waals surface area contributed by atoms with Gasteiger partial charge in [-0.3, -0.25) is 9.59 Å². The van der Waals surface area contributed by atoms with Crippen LogP contribution in [0.25, 0.3) is 0 Å². The fourth-order valence-corrected chi connectivity index (χ4v) is 2.95. The maximum atomic E-state index is 12.2. The van der Waals surface area contributed by atoms with E-state index >= 15 is 0 Å². The van der Waals surface area contributed by atoms with Crippen molar-refractivity contribution in [2.75, 3.05) is 16.8 Å². The van der Waals surface area contributed by atoms with Gasteiger partial charge in [-0.05, 0) is 48.9 Å². The fraction of sp³-hybridized carbons (Fsp3) is 0.222. The van der Waals surface area contributed by atoms with Crippen LogP contribution in [0.2, 0.25) is 15.1 Å². The minimum absolute atomic E-state index is 0.116. The molecule has 0 aliphatic carbocycles. The predicted molar refractivity (Wildman–Crippen MR) is 104 cm³/mol. The maximum absolute atomic E-state index is 12.2. The number of hydrogen-bond acceptors (Lipinski definition) is 2. The fourth-order valence-electron chi connectivity index (χ4n) is 2.39. The molecule has 4 nitrogen and oxygen atoms in total. The first-order chi connectivity index (χ1) is 11.8. The minimum Gasteiger partial charge on any atom is -0.325 e. The standard InChI is InChI=1S/C18H17Cl3N2O2/c1-11-9-13(19)4-6-17(11)23(12(2)24)8-7-18(25)22-16-10-14(20)3-5-15(16)21/h3-6,9-10H,7-8H2,1-2H3,(H,22,25). The van der Waals surface area contributed by atoms with Crippen LogP contribution >= 0.6 is 34.8 Å². The molecule has 1 N–H and O–H groups in total. The molecule has 0 saturated carbocycles. The lowest BCUT2D eigenvalue weighted by molar-refractivity contribution is -0.117. The van der Waals surface area contributed by atoms with E-state index in [1.807, 2.05) is 6.92 Å². The molecule has 0 aliphatic rings. The Kier molecular flexibility index (Phi) is 6.71. The van der Waals surface area contributed by atoms with Crippen LogP contribution in [0.3, 0.4) is 0 Å². The number of aryl methyl sites for hydroxylation is 1. The molecular formula is C18H17Cl3N2O2. The van der Waals surface area contributed by atoms with Crippen LogP contribution in [0.4, 0.5) is 11.4 Å². The zero-order valence-corrected chi connectivity index (χ0v) is 16.0. The van der Waals surface area contributed by atoms with Crippen molar-refractivity contribution in [2.24, 2.45) is 0 Å². The SMILES string of the molecule is CC(=O)N(CCC(=O)Nc1cc(Cl)ccc1Cl)c1ccc(Cl)cc1C. The van der Waals surface area contributed by atoms with Gasteiger partial charge in [0.05, 0.1) is 10.7 Å². The van der Waals surface area contributed by atoms with Crippen LogP contribution in [-0.4, -0.2) is 18.4 Å². The smallest absolute Gasteiger partial charge is 0.226 e. The number of benzene rings is 2. The number of carbonyl (C=O) groups excluding carboxylic acids is 2. The molecule has 0 bridgehead atoms. The van der Waals surface area contributed by atoms with Crippen molar-refractivity contribution in [1.29, 1.82) is 0 Å². The molecule has 0 atom stereocenters. The van der Waals surface area contributed by atoms with Crippen LogP contribution in [0.5, 0.6) is 0 Å². The largest absolute Gasteiger partial charge is 0.325 e. The average Bonchev–Trinajstić information content (AvgIpc) is 2.52. The zero-order chi connectivity index (χ0) is 18.6. The molecule has 7 heteroatoms. The molecule has 0 aliphatic heterocycles. The number of rotatable bonds is 5. The molecule has 0 fully saturated rings. The quantitative estimate of drug-likeness (QED) is 0.738. The Labute approximate surface area is 161 Å². The number of amides is 2. The van der Waals surface area contributed by atoms with Gasteiger partial charge in [-0.15, -0.1) is 0 Å². The van der Waals surface area contributed by atoms with Crippen molar-refractivity contribution in [3.05, 3.63) is 57.0 Å². The lowest BCUT2D eigenvalue weighted by Gasteiger charge is -2.23. The first-order valence-corrected chi connectivity index (χ1v) is 8.70. The van der Waals surface area contributed by atoms with Crippen LogP contribution in [0.1, 0.15) is 18.9 Å². The average molecular weight is 400 g/mol. The Bertz CT molecular complexity index is 809. The molecule has 2 aromatic rings. The highest BCUT2D eigenvalue weighted by molar-refractivity contribution is 6.35. The van der Waals surface area contributed by atoms with Gasteiger partial charge in [0.25, 0.3) is 0 Å². The summed E-state index contributed by atoms with van der Waals surface area (Å²) in [5.74, 6) is -0.416. The third-order valence-electron chi connectivity index (χ3n) is 3.59. The van der Waals surface area contributed by atoms with E-state index < -0.39 is 0 Å². The van der Waals surface area contributed by atoms with Gasteiger partial charge in [0.15, 0.2) is 0 Å². The molecule has 2 amide bonds. The summed E-state index contributed by atoms with van der Waals surface area (Å²) in [7, 11) is 0. The predicted octanol–water partition coefficient (Wildman–Crippen LogP) is 5.34. The highest BCUT2D eigenvalue weighted by Crippen LogP contribution is 2.26. The van der Waals surface area contributed by atoms with Gasteiger partial charge >= 0.3 is 0 Å². The number of halogens is 3. The molecule has 0 unspecified atom stereocenters. The van der Waals surface area contributed by atoms with Gasteiger partial charge in [0.2, 0.25) is 11.8 Å². The van der Waals surface area contributed by atoms with Gasteiger partial charge in [0, 0.05) is 35.6 Å². The Morgan fingerprint density at radius 2 is 1.68 bits per heavy atom. The van der Waals surface area contributed by atoms with Gasteiger partial charge in [-0.1, -0.05) is 34.8 Å². The number of nitrogens with one attached hydrogen (secondary N) is 1. The van der Waals surface area contributed by atoms with E-state index in [0.717, 1.165) is 11.3 Å². The van der Waals surface area contributed by atoms with Crippen LogP contribution in [0.15, 0.2) is 36.4 Å². The van der Waals surface area contributed by atoms with Crippen molar-refractivity contribution in [2.45, 2.75) is 20.3 Å². The summed E-state index contributed by atoms with van der Waals surface area (Å²) in [6.45, 7) is 3.56. The van der Waals surface area contributed by atoms with E-state index in [1.54, 1.807) is 41.3 Å². The first kappa shape index (κ1) is 19.6. The van der Waals surface area contributed by atoms with Gasteiger partial charge < -0.3 is 10.2 Å². The Hall–Kier alpha value is -1.75. The highest BCUT2D eigenvalue weighted by atomic mass is 35.5. The van der Waals surface area contributed by atoms with E-state index in [-0.39, 0.29) is 24.8 Å². The number of anilines is 2. The summed E-state index contributed by atoms with van der Waals surface area (Å²) < 4.78 is 0. The van der Waals surface area contributed by atoms with Crippen molar-refractivity contribution < 1.29 is 9.59 Å². The van der Waals surface area contributed by atoms with E-state index in [2.05, 4.69) is 5.32 Å². The van der Waals surface area contributed by atoms with Crippen LogP contribution < -0.4 is 10.2 Å². The second-order valence-corrected chi connectivity index (χ2v) is 6.80. The molecule has 25 heavy (non-hydrogen) atoms. The summed E-state index contributed by atoms with van der Waals surface area (Å²) in [6.07, 6.45) is 0.116. The monoisotopic (exact) mass is 398 g/mol. The van der Waals surface area contributed by atoms with E-state index in [9.17, 15) is 9.59 Å². The molecule has 0 radical (unpaired) electrons. The van der Waals surface area contributed by atoms with Crippen molar-refractivity contribution >= 4 is 58.0 Å². The third-order valence-corrected chi connectivity index (χ3v) is 4.39. The van der Waals surface area contributed by atoms with Gasteiger partial charge in [0.1, 0.15) is 0 Å². The molecule has 2 rings (SSSR count). The summed E-state index contributed by atoms with van der Waals surface area (Å²) in [4.78, 5) is 25.7. The molecule has 0 heterocycles. The summed E-state index contributed by atoms with van der Waals surface area (Å²) >= 11 is 17.9. The lowest BCUT2D eigenvalue weighted by Crippen LogP contribution is -2.32. The van der Waals surface area contributed by atoms with Crippen molar-refractivity contribution in [3.63, 3.8) is 0 Å². The molecular weight excluding hydrogens is 383 g/mol. The van der Waals surface area contributed by atoms with E-state index in [0.29, 0.717) is 20.8 Å². The molecule has 132 valence electrons. The Balaban J connectivity index is 2.07. The Morgan fingerprint density at radius 3 is 2.32 bits per heavy atom. The van der Waals surface area contributed by atoms with E-state index in [4.69, 9.17) is 34.8 Å². The maximum Gasteiger partial charge on any atom is 0.226 e. The lowest BCUT2D eigenvalue weighted by atomic mass is 10.1. The third kappa shape index (κ3) is 5.36. The second kappa shape index (κ2) is 8.56. The zero-order valence-electron chi connectivity index (χ0n) is 13.8. The molecule has 2 aromatic carbocycles. The topological polar surface area (TPSA) is 49.4 Å².